The second-order valence-electron chi connectivity index (χ2n) is 4.65. The molecule has 2 aromatic rings. The van der Waals surface area contributed by atoms with E-state index in [0.717, 1.165) is 21.9 Å². The number of rotatable bonds is 4. The van der Waals surface area contributed by atoms with Crippen LogP contribution in [0.5, 0.6) is 5.88 Å². The van der Waals surface area contributed by atoms with Gasteiger partial charge in [0.05, 0.1) is 6.04 Å². The number of fused-ring (bicyclic) bond motifs is 3. The highest BCUT2D eigenvalue weighted by molar-refractivity contribution is 9.09. The highest BCUT2D eigenvalue weighted by Gasteiger charge is 2.30. The molecule has 0 saturated heterocycles. The Morgan fingerprint density at radius 1 is 1.35 bits per heavy atom. The first-order valence-electron chi connectivity index (χ1n) is 6.36. The lowest BCUT2D eigenvalue weighted by Gasteiger charge is -2.14. The van der Waals surface area contributed by atoms with E-state index in [0.29, 0.717) is 5.88 Å². The maximum absolute atomic E-state index is 5.61. The number of methoxy groups -OCH3 is 1. The topological polar surface area (TPSA) is 46.6 Å². The van der Waals surface area contributed by atoms with Crippen molar-refractivity contribution in [1.29, 1.82) is 0 Å². The fourth-order valence-corrected chi connectivity index (χ4v) is 3.01. The number of aromatic nitrogens is 1. The number of pyridine rings is 1. The smallest absolute Gasteiger partial charge is 0.225 e. The number of nitrogens with zero attached hydrogens (tertiary/aromatic N) is 2. The van der Waals surface area contributed by atoms with Crippen LogP contribution in [-0.4, -0.2) is 31.3 Å². The first-order valence-corrected chi connectivity index (χ1v) is 7.48. The summed E-state index contributed by atoms with van der Waals surface area (Å²) >= 11 is 3.55. The fourth-order valence-electron chi connectivity index (χ4n) is 2.54. The van der Waals surface area contributed by atoms with Crippen molar-refractivity contribution in [2.24, 2.45) is 0 Å². The minimum absolute atomic E-state index is 0.189. The molecule has 1 aromatic carbocycles. The van der Waals surface area contributed by atoms with Gasteiger partial charge in [-0.3, -0.25) is 5.01 Å². The third-order valence-electron chi connectivity index (χ3n) is 3.38. The Bertz CT molecular complexity index is 635. The van der Waals surface area contributed by atoms with Crippen molar-refractivity contribution in [2.45, 2.75) is 6.04 Å². The van der Waals surface area contributed by atoms with Gasteiger partial charge in [-0.25, -0.2) is 5.43 Å². The van der Waals surface area contributed by atoms with Gasteiger partial charge < -0.3 is 9.47 Å². The van der Waals surface area contributed by atoms with Crippen LogP contribution < -0.4 is 15.2 Å². The maximum atomic E-state index is 5.61. The minimum Gasteiger partial charge on any atom is -0.450 e. The number of hydrogen-bond acceptors (Lipinski definition) is 5. The van der Waals surface area contributed by atoms with Gasteiger partial charge in [0.15, 0.2) is 12.6 Å². The molecule has 20 heavy (non-hydrogen) atoms. The van der Waals surface area contributed by atoms with Crippen LogP contribution in [0.4, 0.5) is 5.82 Å². The van der Waals surface area contributed by atoms with Gasteiger partial charge in [-0.2, -0.15) is 4.98 Å². The van der Waals surface area contributed by atoms with Gasteiger partial charge in [0, 0.05) is 30.4 Å². The molecule has 5 nitrogen and oxygen atoms in total. The average molecular weight is 338 g/mol. The van der Waals surface area contributed by atoms with Gasteiger partial charge in [0.25, 0.3) is 0 Å². The van der Waals surface area contributed by atoms with Gasteiger partial charge in [-0.1, -0.05) is 34.1 Å². The Morgan fingerprint density at radius 2 is 2.10 bits per heavy atom. The largest absolute Gasteiger partial charge is 0.450 e. The number of nitrogens with one attached hydrogen (secondary N) is 1. The Labute approximate surface area is 126 Å². The van der Waals surface area contributed by atoms with Crippen LogP contribution in [0.2, 0.25) is 0 Å². The molecule has 2 heterocycles. The van der Waals surface area contributed by atoms with Crippen molar-refractivity contribution in [3.63, 3.8) is 0 Å². The minimum atomic E-state index is 0.189. The van der Waals surface area contributed by atoms with Crippen molar-refractivity contribution in [3.8, 4) is 5.88 Å². The first-order chi connectivity index (χ1) is 9.76. The summed E-state index contributed by atoms with van der Waals surface area (Å²) in [5, 5.41) is 4.93. The van der Waals surface area contributed by atoms with Crippen molar-refractivity contribution in [2.75, 3.05) is 31.3 Å². The molecule has 3 rings (SSSR count). The van der Waals surface area contributed by atoms with Crippen LogP contribution in [0.25, 0.3) is 10.8 Å². The molecule has 1 atom stereocenters. The van der Waals surface area contributed by atoms with Crippen molar-refractivity contribution in [3.05, 3.63) is 29.8 Å². The van der Waals surface area contributed by atoms with Gasteiger partial charge in [-0.05, 0) is 11.5 Å². The Morgan fingerprint density at radius 3 is 2.80 bits per heavy atom. The summed E-state index contributed by atoms with van der Waals surface area (Å²) in [6.07, 6.45) is 0. The molecular formula is C14H16BrN3O2. The van der Waals surface area contributed by atoms with E-state index in [9.17, 15) is 0 Å². The number of anilines is 1. The summed E-state index contributed by atoms with van der Waals surface area (Å²) < 4.78 is 10.6. The molecule has 0 fully saturated rings. The van der Waals surface area contributed by atoms with E-state index in [4.69, 9.17) is 9.47 Å². The monoisotopic (exact) mass is 337 g/mol. The van der Waals surface area contributed by atoms with Crippen molar-refractivity contribution in [1.82, 2.24) is 10.4 Å². The lowest BCUT2D eigenvalue weighted by atomic mass is 10.0. The van der Waals surface area contributed by atoms with E-state index < -0.39 is 0 Å². The van der Waals surface area contributed by atoms with Crippen molar-refractivity contribution < 1.29 is 9.47 Å². The molecule has 6 heteroatoms. The van der Waals surface area contributed by atoms with Gasteiger partial charge in [-0.15, -0.1) is 0 Å². The first kappa shape index (κ1) is 13.6. The number of alkyl halides is 1. The second kappa shape index (κ2) is 5.55. The molecule has 0 radical (unpaired) electrons. The Kier molecular flexibility index (Phi) is 3.78. The lowest BCUT2D eigenvalue weighted by molar-refractivity contribution is 0.0491. The average Bonchev–Trinajstić information content (AvgIpc) is 2.81. The molecule has 1 aromatic heterocycles. The van der Waals surface area contributed by atoms with E-state index in [1.807, 2.05) is 30.3 Å². The zero-order chi connectivity index (χ0) is 14.1. The number of halogens is 1. The number of ether oxygens (including phenoxy) is 2. The van der Waals surface area contributed by atoms with Gasteiger partial charge >= 0.3 is 0 Å². The van der Waals surface area contributed by atoms with Gasteiger partial charge in [0.2, 0.25) is 5.88 Å². The standard InChI is InChI=1S/C14H16BrN3O2/c1-18-13-12(11(7-15)17-18)9-5-3-4-6-10(9)14(16-13)20-8-19-2/h3-6,11,17H,7-8H2,1-2H3. The van der Waals surface area contributed by atoms with Crippen LogP contribution in [0, 0.1) is 0 Å². The molecule has 1 unspecified atom stereocenters. The Hall–Kier alpha value is -1.37. The Balaban J connectivity index is 2.21. The summed E-state index contributed by atoms with van der Waals surface area (Å²) in [6.45, 7) is 0.189. The second-order valence-corrected chi connectivity index (χ2v) is 5.29. The molecule has 1 N–H and O–H groups in total. The summed E-state index contributed by atoms with van der Waals surface area (Å²) in [7, 11) is 3.56. The zero-order valence-corrected chi connectivity index (χ0v) is 13.0. The SMILES string of the molecule is COCOc1nc2c(c3ccccc13)C(CBr)NN2C. The molecular weight excluding hydrogens is 322 g/mol. The number of hydrazine groups is 1. The molecule has 0 bridgehead atoms. The summed E-state index contributed by atoms with van der Waals surface area (Å²) in [5.41, 5.74) is 4.58. The van der Waals surface area contributed by atoms with Crippen LogP contribution in [0.1, 0.15) is 11.6 Å². The van der Waals surface area contributed by atoms with E-state index in [1.54, 1.807) is 7.11 Å². The van der Waals surface area contributed by atoms with Crippen molar-refractivity contribution >= 4 is 32.5 Å². The summed E-state index contributed by atoms with van der Waals surface area (Å²) in [6, 6.07) is 8.37. The molecule has 0 saturated carbocycles. The highest BCUT2D eigenvalue weighted by atomic mass is 79.9. The lowest BCUT2D eigenvalue weighted by Crippen LogP contribution is -2.31. The normalized spacial score (nSPS) is 17.6. The quantitative estimate of drug-likeness (QED) is 0.686. The van der Waals surface area contributed by atoms with E-state index >= 15 is 0 Å². The van der Waals surface area contributed by atoms with E-state index in [1.165, 1.54) is 5.56 Å². The number of hydrogen-bond donors (Lipinski definition) is 1. The molecule has 1 aliphatic rings. The third-order valence-corrected chi connectivity index (χ3v) is 4.03. The number of benzene rings is 1. The predicted octanol–water partition coefficient (Wildman–Crippen LogP) is 2.61. The summed E-state index contributed by atoms with van der Waals surface area (Å²) in [5.74, 6) is 1.50. The molecule has 106 valence electrons. The molecule has 0 amide bonds. The van der Waals surface area contributed by atoms with E-state index in [2.05, 4.69) is 32.4 Å². The van der Waals surface area contributed by atoms with Gasteiger partial charge in [0.1, 0.15) is 0 Å². The van der Waals surface area contributed by atoms with Crippen LogP contribution in [0.15, 0.2) is 24.3 Å². The summed E-state index contributed by atoms with van der Waals surface area (Å²) in [4.78, 5) is 4.64. The third kappa shape index (κ3) is 2.13. The van der Waals surface area contributed by atoms with Crippen LogP contribution in [-0.2, 0) is 4.74 Å². The van der Waals surface area contributed by atoms with Crippen LogP contribution >= 0.6 is 15.9 Å². The predicted molar refractivity (Wildman–Crippen MR) is 82.3 cm³/mol. The highest BCUT2D eigenvalue weighted by Crippen LogP contribution is 2.40. The molecule has 1 aliphatic heterocycles. The van der Waals surface area contributed by atoms with E-state index in [-0.39, 0.29) is 12.8 Å². The zero-order valence-electron chi connectivity index (χ0n) is 11.4. The molecule has 0 spiro atoms. The fraction of sp³-hybridized carbons (Fsp3) is 0.357. The van der Waals surface area contributed by atoms with Crippen LogP contribution in [0.3, 0.4) is 0 Å². The molecule has 0 aliphatic carbocycles. The maximum Gasteiger partial charge on any atom is 0.225 e.